The molecule has 1 aliphatic heterocycles. The van der Waals surface area contributed by atoms with Crippen LogP contribution >= 0.6 is 11.6 Å². The van der Waals surface area contributed by atoms with Gasteiger partial charge in [-0.05, 0) is 30.7 Å². The van der Waals surface area contributed by atoms with E-state index in [1.54, 1.807) is 11.1 Å². The summed E-state index contributed by atoms with van der Waals surface area (Å²) < 4.78 is 0. The second kappa shape index (κ2) is 5.53. The fourth-order valence-electron chi connectivity index (χ4n) is 2.89. The Balaban J connectivity index is 1.83. The molecule has 1 aromatic carbocycles. The summed E-state index contributed by atoms with van der Waals surface area (Å²) in [5.74, 6) is 0.575. The number of carbonyl (C=O) groups is 1. The first-order valence-corrected chi connectivity index (χ1v) is 7.45. The molecule has 0 saturated carbocycles. The van der Waals surface area contributed by atoms with Crippen LogP contribution in [0.1, 0.15) is 12.0 Å². The molecule has 0 aliphatic carbocycles. The van der Waals surface area contributed by atoms with Gasteiger partial charge in [0.1, 0.15) is 0 Å². The quantitative estimate of drug-likeness (QED) is 0.948. The van der Waals surface area contributed by atoms with E-state index in [0.717, 1.165) is 35.2 Å². The van der Waals surface area contributed by atoms with Gasteiger partial charge in [-0.1, -0.05) is 11.6 Å². The molecule has 0 bridgehead atoms. The zero-order valence-electron chi connectivity index (χ0n) is 12.2. The first-order valence-electron chi connectivity index (χ1n) is 7.07. The lowest BCUT2D eigenvalue weighted by atomic mass is 10.1. The van der Waals surface area contributed by atoms with Crippen LogP contribution in [0.5, 0.6) is 0 Å². The molecule has 110 valence electrons. The summed E-state index contributed by atoms with van der Waals surface area (Å²) in [6.07, 6.45) is 2.42. The largest absolute Gasteiger partial charge is 0.384 e. The lowest BCUT2D eigenvalue weighted by Crippen LogP contribution is -2.21. The van der Waals surface area contributed by atoms with E-state index in [4.69, 9.17) is 11.6 Å². The van der Waals surface area contributed by atoms with Crippen molar-refractivity contribution in [1.82, 2.24) is 9.88 Å². The Bertz CT molecular complexity index is 701. The van der Waals surface area contributed by atoms with Crippen LogP contribution in [0, 0.1) is 12.8 Å². The lowest BCUT2D eigenvalue weighted by Gasteiger charge is -2.14. The number of aryl methyl sites for hydroxylation is 1. The average molecular weight is 304 g/mol. The number of pyridine rings is 1. The highest BCUT2D eigenvalue weighted by atomic mass is 35.5. The zero-order chi connectivity index (χ0) is 15.0. The number of aromatic nitrogens is 1. The topological polar surface area (TPSA) is 45.2 Å². The summed E-state index contributed by atoms with van der Waals surface area (Å²) in [5, 5.41) is 5.19. The van der Waals surface area contributed by atoms with E-state index < -0.39 is 0 Å². The molecule has 2 aromatic rings. The Morgan fingerprint density at radius 2 is 2.29 bits per heavy atom. The number of hydrogen-bond donors (Lipinski definition) is 1. The van der Waals surface area contributed by atoms with Gasteiger partial charge in [-0.25, -0.2) is 0 Å². The SMILES string of the molecule is Cc1cc(Cl)cc2c(NCC3CC(=O)N(C)C3)ccnc12. The average Bonchev–Trinajstić information content (AvgIpc) is 2.75. The number of nitrogens with zero attached hydrogens (tertiary/aromatic N) is 2. The number of benzene rings is 1. The molecule has 0 radical (unpaired) electrons. The van der Waals surface area contributed by atoms with Crippen molar-refractivity contribution >= 4 is 34.1 Å². The molecule has 2 heterocycles. The van der Waals surface area contributed by atoms with E-state index in [2.05, 4.69) is 10.3 Å². The van der Waals surface area contributed by atoms with Gasteiger partial charge in [-0.15, -0.1) is 0 Å². The molecule has 1 fully saturated rings. The van der Waals surface area contributed by atoms with Gasteiger partial charge in [0.25, 0.3) is 0 Å². The van der Waals surface area contributed by atoms with Crippen molar-refractivity contribution in [3.8, 4) is 0 Å². The highest BCUT2D eigenvalue weighted by Crippen LogP contribution is 2.28. The lowest BCUT2D eigenvalue weighted by molar-refractivity contribution is -0.126. The minimum atomic E-state index is 0.222. The number of nitrogens with one attached hydrogen (secondary N) is 1. The van der Waals surface area contributed by atoms with E-state index in [1.807, 2.05) is 32.2 Å². The van der Waals surface area contributed by atoms with Gasteiger partial charge in [0.2, 0.25) is 5.91 Å². The maximum absolute atomic E-state index is 11.6. The Morgan fingerprint density at radius 1 is 1.48 bits per heavy atom. The number of hydrogen-bond acceptors (Lipinski definition) is 3. The van der Waals surface area contributed by atoms with Gasteiger partial charge in [0.05, 0.1) is 5.52 Å². The first-order chi connectivity index (χ1) is 10.0. The third-order valence-corrected chi connectivity index (χ3v) is 4.22. The fourth-order valence-corrected chi connectivity index (χ4v) is 3.16. The molecule has 3 rings (SSSR count). The van der Waals surface area contributed by atoms with Gasteiger partial charge in [-0.2, -0.15) is 0 Å². The third kappa shape index (κ3) is 2.81. The fraction of sp³-hybridized carbons (Fsp3) is 0.375. The number of halogens is 1. The van der Waals surface area contributed by atoms with Crippen LogP contribution in [0.2, 0.25) is 5.02 Å². The van der Waals surface area contributed by atoms with Gasteiger partial charge in [0.15, 0.2) is 0 Å². The van der Waals surface area contributed by atoms with Gasteiger partial charge >= 0.3 is 0 Å². The van der Waals surface area contributed by atoms with Crippen LogP contribution in [-0.2, 0) is 4.79 Å². The van der Waals surface area contributed by atoms with Crippen LogP contribution in [0.15, 0.2) is 24.4 Å². The summed E-state index contributed by atoms with van der Waals surface area (Å²) in [4.78, 5) is 17.8. The van der Waals surface area contributed by atoms with E-state index in [1.165, 1.54) is 0 Å². The van der Waals surface area contributed by atoms with Crippen molar-refractivity contribution in [3.05, 3.63) is 35.0 Å². The molecule has 5 heteroatoms. The number of anilines is 1. The number of likely N-dealkylation sites (tertiary alicyclic amines) is 1. The minimum Gasteiger partial charge on any atom is -0.384 e. The van der Waals surface area contributed by atoms with Crippen molar-refractivity contribution < 1.29 is 4.79 Å². The minimum absolute atomic E-state index is 0.222. The van der Waals surface area contributed by atoms with Crippen LogP contribution in [-0.4, -0.2) is 35.9 Å². The number of carbonyl (C=O) groups excluding carboxylic acids is 1. The molecule has 1 unspecified atom stereocenters. The van der Waals surface area contributed by atoms with Crippen LogP contribution in [0.25, 0.3) is 10.9 Å². The molecular formula is C16H18ClN3O. The van der Waals surface area contributed by atoms with E-state index in [-0.39, 0.29) is 5.91 Å². The summed E-state index contributed by atoms with van der Waals surface area (Å²) in [5.41, 5.74) is 3.05. The Labute approximate surface area is 129 Å². The normalized spacial score (nSPS) is 18.5. The monoisotopic (exact) mass is 303 g/mol. The van der Waals surface area contributed by atoms with E-state index in [0.29, 0.717) is 17.4 Å². The molecular weight excluding hydrogens is 286 g/mol. The highest BCUT2D eigenvalue weighted by molar-refractivity contribution is 6.31. The Kier molecular flexibility index (Phi) is 3.72. The molecule has 1 N–H and O–H groups in total. The molecule has 1 aromatic heterocycles. The first kappa shape index (κ1) is 14.1. The van der Waals surface area contributed by atoms with Crippen molar-refractivity contribution in [2.24, 2.45) is 5.92 Å². The number of rotatable bonds is 3. The Morgan fingerprint density at radius 3 is 3.00 bits per heavy atom. The maximum atomic E-state index is 11.6. The Hall–Kier alpha value is -1.81. The van der Waals surface area contributed by atoms with E-state index in [9.17, 15) is 4.79 Å². The maximum Gasteiger partial charge on any atom is 0.222 e. The molecule has 1 atom stereocenters. The molecule has 0 spiro atoms. The summed E-state index contributed by atoms with van der Waals surface area (Å²) in [7, 11) is 1.85. The van der Waals surface area contributed by atoms with E-state index >= 15 is 0 Å². The van der Waals surface area contributed by atoms with Crippen LogP contribution in [0.4, 0.5) is 5.69 Å². The third-order valence-electron chi connectivity index (χ3n) is 4.00. The summed E-state index contributed by atoms with van der Waals surface area (Å²) in [6, 6.07) is 5.81. The molecule has 21 heavy (non-hydrogen) atoms. The second-order valence-electron chi connectivity index (χ2n) is 5.70. The smallest absolute Gasteiger partial charge is 0.222 e. The number of amides is 1. The van der Waals surface area contributed by atoms with Crippen LogP contribution < -0.4 is 5.32 Å². The van der Waals surface area contributed by atoms with Gasteiger partial charge in [0, 0.05) is 54.8 Å². The molecule has 1 amide bonds. The van der Waals surface area contributed by atoms with Gasteiger partial charge < -0.3 is 10.2 Å². The van der Waals surface area contributed by atoms with Crippen molar-refractivity contribution in [1.29, 1.82) is 0 Å². The molecule has 4 nitrogen and oxygen atoms in total. The predicted octanol–water partition coefficient (Wildman–Crippen LogP) is 3.09. The second-order valence-corrected chi connectivity index (χ2v) is 6.14. The summed E-state index contributed by atoms with van der Waals surface area (Å²) >= 11 is 6.15. The predicted molar refractivity (Wildman–Crippen MR) is 85.7 cm³/mol. The van der Waals surface area contributed by atoms with Crippen molar-refractivity contribution in [3.63, 3.8) is 0 Å². The van der Waals surface area contributed by atoms with Gasteiger partial charge in [-0.3, -0.25) is 9.78 Å². The highest BCUT2D eigenvalue weighted by Gasteiger charge is 2.26. The van der Waals surface area contributed by atoms with Crippen molar-refractivity contribution in [2.75, 3.05) is 25.5 Å². The molecule has 1 saturated heterocycles. The number of fused-ring (bicyclic) bond motifs is 1. The standard InChI is InChI=1S/C16H18ClN3O/c1-10-5-12(17)7-13-14(3-4-18-16(10)13)19-8-11-6-15(21)20(2)9-11/h3-5,7,11H,6,8-9H2,1-2H3,(H,18,19). The zero-order valence-corrected chi connectivity index (χ0v) is 12.9. The van der Waals surface area contributed by atoms with Crippen molar-refractivity contribution in [2.45, 2.75) is 13.3 Å². The van der Waals surface area contributed by atoms with Crippen LogP contribution in [0.3, 0.4) is 0 Å². The molecule has 1 aliphatic rings. The summed E-state index contributed by atoms with van der Waals surface area (Å²) in [6.45, 7) is 3.60.